The molecule has 0 unspecified atom stereocenters. The highest BCUT2D eigenvalue weighted by atomic mass is 32.2. The van der Waals surface area contributed by atoms with E-state index in [-0.39, 0.29) is 5.91 Å². The van der Waals surface area contributed by atoms with Crippen LogP contribution in [0, 0.1) is 6.92 Å². The molecule has 4 nitrogen and oxygen atoms in total. The second kappa shape index (κ2) is 6.68. The molecule has 1 amide bonds. The van der Waals surface area contributed by atoms with Gasteiger partial charge in [-0.2, -0.15) is 0 Å². The molecule has 0 atom stereocenters. The Bertz CT molecular complexity index is 844. The maximum atomic E-state index is 11.8. The fourth-order valence-corrected chi connectivity index (χ4v) is 4.28. The number of aryl methyl sites for hydroxylation is 1. The standard InChI is InChI=1S/C17H17N3OS2/c1-11-18-16(22-10-15(21)20(2)3)13-9-14(23-17(13)19-11)12-7-5-4-6-8-12/h4-9H,10H2,1-3H3. The van der Waals surface area contributed by atoms with Crippen LogP contribution in [0.25, 0.3) is 20.7 Å². The van der Waals surface area contributed by atoms with Gasteiger partial charge in [0.25, 0.3) is 0 Å². The van der Waals surface area contributed by atoms with Gasteiger partial charge in [0.15, 0.2) is 0 Å². The van der Waals surface area contributed by atoms with Crippen LogP contribution >= 0.6 is 23.1 Å². The minimum Gasteiger partial charge on any atom is -0.348 e. The topological polar surface area (TPSA) is 46.1 Å². The zero-order valence-corrected chi connectivity index (χ0v) is 14.9. The number of amides is 1. The summed E-state index contributed by atoms with van der Waals surface area (Å²) in [5, 5.41) is 1.90. The predicted octanol–water partition coefficient (Wildman–Crippen LogP) is 3.85. The molecule has 2 aromatic heterocycles. The van der Waals surface area contributed by atoms with Crippen LogP contribution in [0.1, 0.15) is 5.82 Å². The van der Waals surface area contributed by atoms with E-state index in [1.807, 2.05) is 25.1 Å². The number of benzene rings is 1. The van der Waals surface area contributed by atoms with Crippen molar-refractivity contribution in [2.45, 2.75) is 11.9 Å². The maximum Gasteiger partial charge on any atom is 0.232 e. The number of hydrogen-bond acceptors (Lipinski definition) is 5. The highest BCUT2D eigenvalue weighted by molar-refractivity contribution is 8.00. The Morgan fingerprint density at radius 2 is 1.96 bits per heavy atom. The smallest absolute Gasteiger partial charge is 0.232 e. The number of fused-ring (bicyclic) bond motifs is 1. The minimum atomic E-state index is 0.0814. The molecule has 0 radical (unpaired) electrons. The van der Waals surface area contributed by atoms with Crippen molar-refractivity contribution in [2.75, 3.05) is 19.8 Å². The van der Waals surface area contributed by atoms with Crippen molar-refractivity contribution in [3.63, 3.8) is 0 Å². The molecule has 0 N–H and O–H groups in total. The van der Waals surface area contributed by atoms with Gasteiger partial charge in [0.1, 0.15) is 15.7 Å². The fourth-order valence-electron chi connectivity index (χ4n) is 2.11. The van der Waals surface area contributed by atoms with Gasteiger partial charge < -0.3 is 4.90 Å². The molecule has 0 aliphatic heterocycles. The average Bonchev–Trinajstić information content (AvgIpc) is 2.96. The van der Waals surface area contributed by atoms with Gasteiger partial charge in [0.05, 0.1) is 5.75 Å². The van der Waals surface area contributed by atoms with Gasteiger partial charge in [-0.3, -0.25) is 4.79 Å². The van der Waals surface area contributed by atoms with Crippen LogP contribution in [0.2, 0.25) is 0 Å². The van der Waals surface area contributed by atoms with Gasteiger partial charge in [-0.05, 0) is 18.6 Å². The number of aromatic nitrogens is 2. The van der Waals surface area contributed by atoms with E-state index in [0.29, 0.717) is 5.75 Å². The highest BCUT2D eigenvalue weighted by Crippen LogP contribution is 2.36. The first-order valence-electron chi connectivity index (χ1n) is 7.21. The lowest BCUT2D eigenvalue weighted by atomic mass is 10.2. The Morgan fingerprint density at radius 1 is 1.22 bits per heavy atom. The molecule has 0 spiro atoms. The number of nitrogens with zero attached hydrogens (tertiary/aromatic N) is 3. The summed E-state index contributed by atoms with van der Waals surface area (Å²) >= 11 is 3.13. The number of thiophene rings is 1. The summed E-state index contributed by atoms with van der Waals surface area (Å²) in [6, 6.07) is 12.4. The third-order valence-electron chi connectivity index (χ3n) is 3.36. The molecule has 0 bridgehead atoms. The SMILES string of the molecule is Cc1nc(SCC(=O)N(C)C)c2cc(-c3ccccc3)sc2n1. The molecular formula is C17H17N3OS2. The highest BCUT2D eigenvalue weighted by Gasteiger charge is 2.14. The number of carbonyl (C=O) groups is 1. The van der Waals surface area contributed by atoms with Crippen molar-refractivity contribution in [2.24, 2.45) is 0 Å². The lowest BCUT2D eigenvalue weighted by Crippen LogP contribution is -2.23. The largest absolute Gasteiger partial charge is 0.348 e. The lowest BCUT2D eigenvalue weighted by molar-refractivity contribution is -0.125. The average molecular weight is 343 g/mol. The van der Waals surface area contributed by atoms with Gasteiger partial charge in [-0.1, -0.05) is 42.1 Å². The second-order valence-electron chi connectivity index (χ2n) is 5.35. The van der Waals surface area contributed by atoms with E-state index in [1.165, 1.54) is 22.2 Å². The van der Waals surface area contributed by atoms with Crippen LogP contribution in [0.3, 0.4) is 0 Å². The first-order chi connectivity index (χ1) is 11.0. The monoisotopic (exact) mass is 343 g/mol. The third-order valence-corrected chi connectivity index (χ3v) is 5.41. The van der Waals surface area contributed by atoms with Crippen LogP contribution in [-0.4, -0.2) is 40.6 Å². The van der Waals surface area contributed by atoms with E-state index in [9.17, 15) is 4.79 Å². The summed E-state index contributed by atoms with van der Waals surface area (Å²) in [5.74, 6) is 1.20. The number of hydrogen-bond donors (Lipinski definition) is 0. The molecule has 6 heteroatoms. The molecule has 2 heterocycles. The predicted molar refractivity (Wildman–Crippen MR) is 97.0 cm³/mol. The van der Waals surface area contributed by atoms with Crippen molar-refractivity contribution in [1.29, 1.82) is 0 Å². The molecule has 0 aliphatic rings. The summed E-state index contributed by atoms with van der Waals surface area (Å²) in [6.45, 7) is 1.89. The van der Waals surface area contributed by atoms with Crippen molar-refractivity contribution in [3.8, 4) is 10.4 Å². The van der Waals surface area contributed by atoms with Crippen molar-refractivity contribution >= 4 is 39.2 Å². The number of carbonyl (C=O) groups excluding carboxylic acids is 1. The molecule has 3 rings (SSSR count). The van der Waals surface area contributed by atoms with E-state index in [2.05, 4.69) is 28.2 Å². The Morgan fingerprint density at radius 3 is 2.65 bits per heavy atom. The molecule has 118 valence electrons. The van der Waals surface area contributed by atoms with E-state index >= 15 is 0 Å². The molecule has 0 aliphatic carbocycles. The minimum absolute atomic E-state index is 0.0814. The molecule has 0 saturated heterocycles. The molecule has 0 saturated carbocycles. The summed E-state index contributed by atoms with van der Waals surface area (Å²) < 4.78 is 0. The molecule has 1 aromatic carbocycles. The molecule has 23 heavy (non-hydrogen) atoms. The second-order valence-corrected chi connectivity index (χ2v) is 7.34. The Labute approximate surface area is 143 Å². The summed E-state index contributed by atoms with van der Waals surface area (Å²) in [6.07, 6.45) is 0. The van der Waals surface area contributed by atoms with E-state index in [4.69, 9.17) is 0 Å². The maximum absolute atomic E-state index is 11.8. The van der Waals surface area contributed by atoms with Crippen molar-refractivity contribution < 1.29 is 4.79 Å². The Hall–Kier alpha value is -1.92. The molecular weight excluding hydrogens is 326 g/mol. The van der Waals surface area contributed by atoms with Crippen molar-refractivity contribution in [1.82, 2.24) is 14.9 Å². The lowest BCUT2D eigenvalue weighted by Gasteiger charge is -2.09. The quantitative estimate of drug-likeness (QED) is 0.533. The van der Waals surface area contributed by atoms with Gasteiger partial charge in [-0.15, -0.1) is 11.3 Å². The van der Waals surface area contributed by atoms with E-state index < -0.39 is 0 Å². The van der Waals surface area contributed by atoms with Gasteiger partial charge in [-0.25, -0.2) is 9.97 Å². The van der Waals surface area contributed by atoms with Crippen LogP contribution in [-0.2, 0) is 4.79 Å². The van der Waals surface area contributed by atoms with Crippen molar-refractivity contribution in [3.05, 3.63) is 42.2 Å². The fraction of sp³-hybridized carbons (Fsp3) is 0.235. The Balaban J connectivity index is 1.98. The summed E-state index contributed by atoms with van der Waals surface area (Å²) in [4.78, 5) is 24.6. The van der Waals surface area contributed by atoms with Gasteiger partial charge in [0, 0.05) is 24.4 Å². The third kappa shape index (κ3) is 3.54. The number of thioether (sulfide) groups is 1. The first-order valence-corrected chi connectivity index (χ1v) is 9.01. The first kappa shape index (κ1) is 16.0. The Kier molecular flexibility index (Phi) is 4.63. The normalized spacial score (nSPS) is 10.9. The number of rotatable bonds is 4. The summed E-state index contributed by atoms with van der Waals surface area (Å²) in [5.41, 5.74) is 1.17. The van der Waals surface area contributed by atoms with Crippen LogP contribution in [0.5, 0.6) is 0 Å². The van der Waals surface area contributed by atoms with Gasteiger partial charge in [0.2, 0.25) is 5.91 Å². The molecule has 3 aromatic rings. The van der Waals surface area contributed by atoms with Crippen LogP contribution < -0.4 is 0 Å². The summed E-state index contributed by atoms with van der Waals surface area (Å²) in [7, 11) is 3.53. The van der Waals surface area contributed by atoms with Crippen LogP contribution in [0.4, 0.5) is 0 Å². The van der Waals surface area contributed by atoms with E-state index in [0.717, 1.165) is 21.1 Å². The van der Waals surface area contributed by atoms with Gasteiger partial charge >= 0.3 is 0 Å². The zero-order valence-electron chi connectivity index (χ0n) is 13.2. The molecule has 0 fully saturated rings. The van der Waals surface area contributed by atoms with Crippen LogP contribution in [0.15, 0.2) is 41.4 Å². The van der Waals surface area contributed by atoms with E-state index in [1.54, 1.807) is 30.3 Å². The zero-order chi connectivity index (χ0) is 16.4.